The van der Waals surface area contributed by atoms with Crippen molar-refractivity contribution in [1.29, 1.82) is 10.5 Å². The van der Waals surface area contributed by atoms with E-state index in [-0.39, 0.29) is 5.57 Å². The van der Waals surface area contributed by atoms with Crippen LogP contribution in [0.15, 0.2) is 35.9 Å². The summed E-state index contributed by atoms with van der Waals surface area (Å²) in [5.74, 6) is -1.47. The monoisotopic (exact) mass is 404 g/mol. The maximum absolute atomic E-state index is 12.4. The SMILES string of the molecule is CCCn1c(C)cc(/C=C(\C#N)C(=O)O[C@H](C)C(=O)Nc2ccccc2C#N)c1C. The molecule has 7 nitrogen and oxygen atoms in total. The van der Waals surface area contributed by atoms with Crippen LogP contribution in [0.5, 0.6) is 0 Å². The Balaban J connectivity index is 2.14. The molecule has 0 spiro atoms. The van der Waals surface area contributed by atoms with Crippen molar-refractivity contribution in [3.05, 3.63) is 58.4 Å². The molecule has 1 aromatic heterocycles. The quantitative estimate of drug-likeness (QED) is 0.428. The number of esters is 1. The number of para-hydroxylation sites is 1. The highest BCUT2D eigenvalue weighted by molar-refractivity contribution is 6.01. The van der Waals surface area contributed by atoms with Gasteiger partial charge in [0, 0.05) is 17.9 Å². The number of amides is 1. The van der Waals surface area contributed by atoms with E-state index < -0.39 is 18.0 Å². The second-order valence-corrected chi connectivity index (χ2v) is 6.84. The summed E-state index contributed by atoms with van der Waals surface area (Å²) in [6, 6.07) is 12.2. The number of aryl methyl sites for hydroxylation is 1. The number of rotatable bonds is 7. The average molecular weight is 404 g/mol. The fourth-order valence-electron chi connectivity index (χ4n) is 3.04. The first-order valence-electron chi connectivity index (χ1n) is 9.61. The molecule has 154 valence electrons. The van der Waals surface area contributed by atoms with Gasteiger partial charge in [-0.3, -0.25) is 4.79 Å². The summed E-state index contributed by atoms with van der Waals surface area (Å²) in [5.41, 5.74) is 3.18. The number of anilines is 1. The van der Waals surface area contributed by atoms with E-state index in [1.165, 1.54) is 13.0 Å². The van der Waals surface area contributed by atoms with Gasteiger partial charge in [0.1, 0.15) is 17.7 Å². The summed E-state index contributed by atoms with van der Waals surface area (Å²) in [6.07, 6.45) is 1.30. The summed E-state index contributed by atoms with van der Waals surface area (Å²) in [7, 11) is 0. The van der Waals surface area contributed by atoms with E-state index in [2.05, 4.69) is 16.8 Å². The first-order valence-corrected chi connectivity index (χ1v) is 9.61. The standard InChI is InChI=1S/C23H24N4O3/c1-5-10-27-15(2)11-19(16(27)3)12-20(14-25)23(29)30-17(4)22(28)26-21-9-7-6-8-18(21)13-24/h6-9,11-12,17H,5,10H2,1-4H3,(H,26,28)/b20-12+/t17-/m1/s1. The van der Waals surface area contributed by atoms with Crippen molar-refractivity contribution in [2.24, 2.45) is 0 Å². The van der Waals surface area contributed by atoms with Crippen molar-refractivity contribution in [3.63, 3.8) is 0 Å². The molecule has 0 saturated carbocycles. The van der Waals surface area contributed by atoms with E-state index in [4.69, 9.17) is 10.00 Å². The summed E-state index contributed by atoms with van der Waals surface area (Å²) in [4.78, 5) is 24.8. The van der Waals surface area contributed by atoms with E-state index in [9.17, 15) is 14.9 Å². The second kappa shape index (κ2) is 10.1. The smallest absolute Gasteiger partial charge is 0.349 e. The number of hydrogen-bond donors (Lipinski definition) is 1. The number of ether oxygens (including phenoxy) is 1. The molecule has 30 heavy (non-hydrogen) atoms. The van der Waals surface area contributed by atoms with Crippen LogP contribution in [0.4, 0.5) is 5.69 Å². The van der Waals surface area contributed by atoms with Crippen LogP contribution in [0.25, 0.3) is 6.08 Å². The van der Waals surface area contributed by atoms with E-state index >= 15 is 0 Å². The highest BCUT2D eigenvalue weighted by Gasteiger charge is 2.22. The van der Waals surface area contributed by atoms with E-state index in [1.54, 1.807) is 24.3 Å². The fraction of sp³-hybridized carbons (Fsp3) is 0.304. The van der Waals surface area contributed by atoms with Crippen LogP contribution in [0.3, 0.4) is 0 Å². The van der Waals surface area contributed by atoms with Crippen LogP contribution in [0, 0.1) is 36.5 Å². The minimum atomic E-state index is -1.14. The van der Waals surface area contributed by atoms with Crippen LogP contribution in [-0.4, -0.2) is 22.5 Å². The molecule has 0 bridgehead atoms. The summed E-state index contributed by atoms with van der Waals surface area (Å²) < 4.78 is 7.30. The van der Waals surface area contributed by atoms with Gasteiger partial charge in [0.2, 0.25) is 0 Å². The Hall–Kier alpha value is -3.84. The molecule has 0 saturated heterocycles. The van der Waals surface area contributed by atoms with Crippen molar-refractivity contribution in [1.82, 2.24) is 4.57 Å². The van der Waals surface area contributed by atoms with Crippen molar-refractivity contribution in [2.75, 3.05) is 5.32 Å². The van der Waals surface area contributed by atoms with Crippen molar-refractivity contribution in [2.45, 2.75) is 46.8 Å². The first kappa shape index (κ1) is 22.4. The molecule has 1 amide bonds. The Morgan fingerprint density at radius 1 is 1.27 bits per heavy atom. The predicted octanol–water partition coefficient (Wildman–Crippen LogP) is 3.86. The molecule has 1 atom stereocenters. The number of nitriles is 2. The zero-order chi connectivity index (χ0) is 22.3. The normalized spacial score (nSPS) is 11.9. The summed E-state index contributed by atoms with van der Waals surface area (Å²) in [5, 5.41) is 21.1. The van der Waals surface area contributed by atoms with Crippen molar-refractivity contribution >= 4 is 23.6 Å². The van der Waals surface area contributed by atoms with E-state index in [0.29, 0.717) is 11.3 Å². The molecule has 0 fully saturated rings. The molecule has 0 unspecified atom stereocenters. The number of carbonyl (C=O) groups excluding carboxylic acids is 2. The minimum absolute atomic E-state index is 0.191. The molecular weight excluding hydrogens is 380 g/mol. The predicted molar refractivity (Wildman–Crippen MR) is 113 cm³/mol. The lowest BCUT2D eigenvalue weighted by molar-refractivity contribution is -0.148. The largest absolute Gasteiger partial charge is 0.448 e. The van der Waals surface area contributed by atoms with Gasteiger partial charge in [-0.15, -0.1) is 0 Å². The maximum Gasteiger partial charge on any atom is 0.349 e. The Morgan fingerprint density at radius 2 is 1.97 bits per heavy atom. The second-order valence-electron chi connectivity index (χ2n) is 6.84. The summed E-state index contributed by atoms with van der Waals surface area (Å²) in [6.45, 7) is 8.23. The lowest BCUT2D eigenvalue weighted by atomic mass is 10.1. The van der Waals surface area contributed by atoms with Crippen LogP contribution < -0.4 is 5.32 Å². The van der Waals surface area contributed by atoms with Gasteiger partial charge in [-0.1, -0.05) is 19.1 Å². The van der Waals surface area contributed by atoms with Crippen molar-refractivity contribution < 1.29 is 14.3 Å². The van der Waals surface area contributed by atoms with Gasteiger partial charge in [0.25, 0.3) is 5.91 Å². The topological polar surface area (TPSA) is 108 Å². The third-order valence-electron chi connectivity index (χ3n) is 4.66. The van der Waals surface area contributed by atoms with Crippen LogP contribution in [-0.2, 0) is 20.9 Å². The molecule has 0 aliphatic carbocycles. The number of nitrogens with zero attached hydrogens (tertiary/aromatic N) is 3. The first-order chi connectivity index (χ1) is 14.3. The van der Waals surface area contributed by atoms with Crippen LogP contribution in [0.1, 0.15) is 42.8 Å². The zero-order valence-electron chi connectivity index (χ0n) is 17.5. The molecule has 1 N–H and O–H groups in total. The Bertz CT molecular complexity index is 1070. The lowest BCUT2D eigenvalue weighted by Crippen LogP contribution is -2.30. The Morgan fingerprint density at radius 3 is 2.60 bits per heavy atom. The molecule has 0 aliphatic rings. The van der Waals surface area contributed by atoms with Gasteiger partial charge in [0.05, 0.1) is 11.3 Å². The van der Waals surface area contributed by atoms with Gasteiger partial charge in [-0.2, -0.15) is 10.5 Å². The molecule has 7 heteroatoms. The van der Waals surface area contributed by atoms with Gasteiger partial charge in [0.15, 0.2) is 6.10 Å². The van der Waals surface area contributed by atoms with Crippen LogP contribution >= 0.6 is 0 Å². The van der Waals surface area contributed by atoms with Crippen LogP contribution in [0.2, 0.25) is 0 Å². The summed E-state index contributed by atoms with van der Waals surface area (Å²) >= 11 is 0. The highest BCUT2D eigenvalue weighted by atomic mass is 16.5. The molecule has 0 radical (unpaired) electrons. The van der Waals surface area contributed by atoms with E-state index in [0.717, 1.165) is 29.9 Å². The Labute approximate surface area is 176 Å². The van der Waals surface area contributed by atoms with Gasteiger partial charge in [-0.05, 0) is 57.0 Å². The number of aromatic nitrogens is 1. The molecular formula is C23H24N4O3. The molecule has 1 aromatic carbocycles. The molecule has 2 rings (SSSR count). The van der Waals surface area contributed by atoms with Gasteiger partial charge >= 0.3 is 5.97 Å². The van der Waals surface area contributed by atoms with Gasteiger partial charge in [-0.25, -0.2) is 4.79 Å². The average Bonchev–Trinajstić information content (AvgIpc) is 2.99. The molecule has 2 aromatic rings. The Kier molecular flexibility index (Phi) is 7.55. The highest BCUT2D eigenvalue weighted by Crippen LogP contribution is 2.20. The lowest BCUT2D eigenvalue weighted by Gasteiger charge is -2.14. The van der Waals surface area contributed by atoms with Crippen molar-refractivity contribution in [3.8, 4) is 12.1 Å². The molecule has 0 aliphatic heterocycles. The number of hydrogen-bond acceptors (Lipinski definition) is 5. The number of nitrogens with one attached hydrogen (secondary N) is 1. The maximum atomic E-state index is 12.4. The number of benzene rings is 1. The fourth-order valence-corrected chi connectivity index (χ4v) is 3.04. The van der Waals surface area contributed by atoms with Gasteiger partial charge < -0.3 is 14.6 Å². The zero-order valence-corrected chi connectivity index (χ0v) is 17.5. The third kappa shape index (κ3) is 5.15. The third-order valence-corrected chi connectivity index (χ3v) is 4.66. The molecule has 1 heterocycles. The number of carbonyl (C=O) groups is 2. The minimum Gasteiger partial charge on any atom is -0.448 e. The van der Waals surface area contributed by atoms with E-state index in [1.807, 2.05) is 32.1 Å².